The van der Waals surface area contributed by atoms with Gasteiger partial charge >= 0.3 is 5.97 Å². The van der Waals surface area contributed by atoms with Crippen LogP contribution in [0, 0.1) is 11.3 Å². The van der Waals surface area contributed by atoms with Crippen LogP contribution in [0.15, 0.2) is 24.3 Å². The molecule has 2 N–H and O–H groups in total. The lowest BCUT2D eigenvalue weighted by Crippen LogP contribution is -2.49. The average Bonchev–Trinajstić information content (AvgIpc) is 2.47. The molecule has 2 aliphatic rings. The number of aryl methyl sites for hydroxylation is 1. The summed E-state index contributed by atoms with van der Waals surface area (Å²) in [4.78, 5) is 12.0. The topological polar surface area (TPSA) is 57.5 Å². The van der Waals surface area contributed by atoms with Crippen molar-refractivity contribution in [3.8, 4) is 0 Å². The Hall–Kier alpha value is -1.35. The van der Waals surface area contributed by atoms with Crippen molar-refractivity contribution in [2.24, 2.45) is 11.3 Å². The molecule has 2 aliphatic carbocycles. The number of aliphatic carboxylic acids is 1. The van der Waals surface area contributed by atoms with E-state index < -0.39 is 17.5 Å². The number of rotatable bonds is 2. The molecule has 3 rings (SSSR count). The standard InChI is InChI=1S/C17H22O3/c18-15-8-4-3-7-14(15)17(16(19)20)10-9-12-5-1-2-6-13(12)11-17/h1-2,5-6,14-15,18H,3-4,7-11H2,(H,19,20). The number of aliphatic hydroxyl groups is 1. The number of aliphatic hydroxyl groups excluding tert-OH is 1. The van der Waals surface area contributed by atoms with Crippen molar-refractivity contribution >= 4 is 5.97 Å². The van der Waals surface area contributed by atoms with Crippen LogP contribution in [0.4, 0.5) is 0 Å². The van der Waals surface area contributed by atoms with Crippen molar-refractivity contribution < 1.29 is 15.0 Å². The van der Waals surface area contributed by atoms with Gasteiger partial charge in [-0.25, -0.2) is 0 Å². The maximum atomic E-state index is 12.0. The molecule has 1 saturated carbocycles. The predicted molar refractivity (Wildman–Crippen MR) is 76.5 cm³/mol. The molecule has 0 bridgehead atoms. The number of carbonyl (C=O) groups is 1. The van der Waals surface area contributed by atoms with Gasteiger partial charge in [-0.3, -0.25) is 4.79 Å². The molecular formula is C17H22O3. The van der Waals surface area contributed by atoms with Gasteiger partial charge in [0.05, 0.1) is 11.5 Å². The highest BCUT2D eigenvalue weighted by Crippen LogP contribution is 2.47. The summed E-state index contributed by atoms with van der Waals surface area (Å²) < 4.78 is 0. The first-order valence-corrected chi connectivity index (χ1v) is 7.62. The van der Waals surface area contributed by atoms with E-state index in [2.05, 4.69) is 6.07 Å². The van der Waals surface area contributed by atoms with Crippen LogP contribution in [0.3, 0.4) is 0 Å². The highest BCUT2D eigenvalue weighted by Gasteiger charge is 2.50. The lowest BCUT2D eigenvalue weighted by Gasteiger charge is -2.44. The van der Waals surface area contributed by atoms with Crippen molar-refractivity contribution in [1.82, 2.24) is 0 Å². The molecule has 0 heterocycles. The van der Waals surface area contributed by atoms with Gasteiger partial charge in [-0.15, -0.1) is 0 Å². The van der Waals surface area contributed by atoms with E-state index in [0.717, 1.165) is 37.7 Å². The maximum Gasteiger partial charge on any atom is 0.310 e. The normalized spacial score (nSPS) is 33.5. The molecule has 3 nitrogen and oxygen atoms in total. The van der Waals surface area contributed by atoms with Crippen molar-refractivity contribution in [3.05, 3.63) is 35.4 Å². The molecule has 0 aliphatic heterocycles. The van der Waals surface area contributed by atoms with Crippen LogP contribution < -0.4 is 0 Å². The van der Waals surface area contributed by atoms with E-state index >= 15 is 0 Å². The fourth-order valence-corrected chi connectivity index (χ4v) is 4.17. The minimum atomic E-state index is -0.770. The highest BCUT2D eigenvalue weighted by molar-refractivity contribution is 5.76. The molecular weight excluding hydrogens is 252 g/mol. The maximum absolute atomic E-state index is 12.0. The summed E-state index contributed by atoms with van der Waals surface area (Å²) in [7, 11) is 0. The minimum absolute atomic E-state index is 0.0953. The van der Waals surface area contributed by atoms with E-state index in [0.29, 0.717) is 12.8 Å². The predicted octanol–water partition coefficient (Wildman–Crippen LogP) is 2.80. The molecule has 108 valence electrons. The Morgan fingerprint density at radius 1 is 1.15 bits per heavy atom. The van der Waals surface area contributed by atoms with Gasteiger partial charge in [-0.1, -0.05) is 37.1 Å². The smallest absolute Gasteiger partial charge is 0.310 e. The molecule has 1 aromatic carbocycles. The number of carboxylic acid groups (broad SMARTS) is 1. The van der Waals surface area contributed by atoms with Gasteiger partial charge in [0.2, 0.25) is 0 Å². The summed E-state index contributed by atoms with van der Waals surface area (Å²) in [6.45, 7) is 0. The number of benzene rings is 1. The van der Waals surface area contributed by atoms with E-state index in [1.807, 2.05) is 18.2 Å². The molecule has 0 spiro atoms. The lowest BCUT2D eigenvalue weighted by molar-refractivity contribution is -0.159. The fourth-order valence-electron chi connectivity index (χ4n) is 4.17. The second-order valence-electron chi connectivity index (χ2n) is 6.37. The first-order chi connectivity index (χ1) is 9.63. The molecule has 0 amide bonds. The highest BCUT2D eigenvalue weighted by atomic mass is 16.4. The van der Waals surface area contributed by atoms with Crippen molar-refractivity contribution in [1.29, 1.82) is 0 Å². The van der Waals surface area contributed by atoms with E-state index in [1.165, 1.54) is 5.56 Å². The summed E-state index contributed by atoms with van der Waals surface area (Å²) >= 11 is 0. The first kappa shape index (κ1) is 13.6. The summed E-state index contributed by atoms with van der Waals surface area (Å²) in [5, 5.41) is 20.2. The zero-order chi connectivity index (χ0) is 14.2. The molecule has 3 unspecified atom stereocenters. The van der Waals surface area contributed by atoms with E-state index in [-0.39, 0.29) is 5.92 Å². The van der Waals surface area contributed by atoms with Crippen molar-refractivity contribution in [2.45, 2.75) is 51.0 Å². The Bertz CT molecular complexity index is 511. The Balaban J connectivity index is 1.96. The summed E-state index contributed by atoms with van der Waals surface area (Å²) in [5.41, 5.74) is 1.65. The third kappa shape index (κ3) is 2.14. The zero-order valence-electron chi connectivity index (χ0n) is 11.7. The van der Waals surface area contributed by atoms with Crippen LogP contribution in [0.25, 0.3) is 0 Å². The minimum Gasteiger partial charge on any atom is -0.481 e. The van der Waals surface area contributed by atoms with E-state index in [9.17, 15) is 15.0 Å². The van der Waals surface area contributed by atoms with Gasteiger partial charge in [0, 0.05) is 5.92 Å². The van der Waals surface area contributed by atoms with Crippen LogP contribution >= 0.6 is 0 Å². The quantitative estimate of drug-likeness (QED) is 0.872. The first-order valence-electron chi connectivity index (χ1n) is 7.62. The van der Waals surface area contributed by atoms with Gasteiger partial charge in [-0.05, 0) is 43.2 Å². The molecule has 1 fully saturated rings. The Kier molecular flexibility index (Phi) is 3.55. The summed E-state index contributed by atoms with van der Waals surface area (Å²) in [6, 6.07) is 8.13. The summed E-state index contributed by atoms with van der Waals surface area (Å²) in [6.07, 6.45) is 5.23. The average molecular weight is 274 g/mol. The molecule has 0 radical (unpaired) electrons. The van der Waals surface area contributed by atoms with Crippen LogP contribution in [0.2, 0.25) is 0 Å². The molecule has 3 heteroatoms. The number of carboxylic acids is 1. The van der Waals surface area contributed by atoms with Crippen LogP contribution in [-0.2, 0) is 17.6 Å². The van der Waals surface area contributed by atoms with Crippen LogP contribution in [0.5, 0.6) is 0 Å². The molecule has 0 aromatic heterocycles. The Labute approximate surface area is 119 Å². The number of hydrogen-bond acceptors (Lipinski definition) is 2. The van der Waals surface area contributed by atoms with Crippen molar-refractivity contribution in [2.75, 3.05) is 0 Å². The number of hydrogen-bond donors (Lipinski definition) is 2. The van der Waals surface area contributed by atoms with Gasteiger partial charge in [0.1, 0.15) is 0 Å². The second-order valence-corrected chi connectivity index (χ2v) is 6.37. The Morgan fingerprint density at radius 2 is 1.85 bits per heavy atom. The van der Waals surface area contributed by atoms with Crippen LogP contribution in [-0.4, -0.2) is 22.3 Å². The monoisotopic (exact) mass is 274 g/mol. The van der Waals surface area contributed by atoms with E-state index in [1.54, 1.807) is 0 Å². The van der Waals surface area contributed by atoms with Gasteiger partial charge < -0.3 is 10.2 Å². The molecule has 1 aromatic rings. The largest absolute Gasteiger partial charge is 0.481 e. The molecule has 3 atom stereocenters. The van der Waals surface area contributed by atoms with E-state index in [4.69, 9.17) is 0 Å². The van der Waals surface area contributed by atoms with Crippen molar-refractivity contribution in [3.63, 3.8) is 0 Å². The summed E-state index contributed by atoms with van der Waals surface area (Å²) in [5.74, 6) is -0.819. The SMILES string of the molecule is O=C(O)C1(C2CCCCC2O)CCc2ccccc2C1. The fraction of sp³-hybridized carbons (Fsp3) is 0.588. The molecule has 20 heavy (non-hydrogen) atoms. The third-order valence-electron chi connectivity index (χ3n) is 5.33. The Morgan fingerprint density at radius 3 is 2.55 bits per heavy atom. The zero-order valence-corrected chi connectivity index (χ0v) is 11.7. The van der Waals surface area contributed by atoms with Gasteiger partial charge in [-0.2, -0.15) is 0 Å². The van der Waals surface area contributed by atoms with Crippen LogP contribution in [0.1, 0.15) is 43.2 Å². The second kappa shape index (κ2) is 5.21. The van der Waals surface area contributed by atoms with Gasteiger partial charge in [0.15, 0.2) is 0 Å². The number of fused-ring (bicyclic) bond motifs is 1. The third-order valence-corrected chi connectivity index (χ3v) is 5.33. The van der Waals surface area contributed by atoms with Gasteiger partial charge in [0.25, 0.3) is 0 Å². The molecule has 0 saturated heterocycles. The lowest BCUT2D eigenvalue weighted by atomic mass is 9.60.